The Morgan fingerprint density at radius 2 is 1.55 bits per heavy atom. The number of thioether (sulfide) groups is 1. The lowest BCUT2D eigenvalue weighted by Crippen LogP contribution is -2.27. The van der Waals surface area contributed by atoms with E-state index in [2.05, 4.69) is 59.4 Å². The number of nitrogens with two attached hydrogens (primary N) is 1. The van der Waals surface area contributed by atoms with Gasteiger partial charge in [0, 0.05) is 5.75 Å². The monoisotopic (exact) mass is 457 g/mol. The number of aromatic amines is 1. The Morgan fingerprint density at radius 1 is 0.939 bits per heavy atom. The first-order chi connectivity index (χ1) is 16.2. The lowest BCUT2D eigenvalue weighted by molar-refractivity contribution is -0.111. The van der Waals surface area contributed by atoms with Crippen molar-refractivity contribution < 1.29 is 4.79 Å². The zero-order valence-corrected chi connectivity index (χ0v) is 19.9. The number of nitrogens with one attached hydrogen (secondary N) is 1. The summed E-state index contributed by atoms with van der Waals surface area (Å²) >= 11 is 1.75. The number of carbonyl (C=O) groups excluding carboxylic acids is 1. The molecule has 0 aliphatic heterocycles. The Balaban J connectivity index is 0.000000601. The van der Waals surface area contributed by atoms with Gasteiger partial charge in [0.05, 0.1) is 16.4 Å². The van der Waals surface area contributed by atoms with Gasteiger partial charge in [-0.05, 0) is 60.2 Å². The van der Waals surface area contributed by atoms with Gasteiger partial charge in [0.15, 0.2) is 5.16 Å². The molecule has 1 aliphatic rings. The number of nitrogens with zero attached hydrogens (tertiary/aromatic N) is 1. The minimum atomic E-state index is -0.517. The summed E-state index contributed by atoms with van der Waals surface area (Å²) in [5.74, 6) is 0.984. The van der Waals surface area contributed by atoms with Crippen molar-refractivity contribution in [1.82, 2.24) is 9.97 Å². The van der Waals surface area contributed by atoms with Crippen LogP contribution in [0.2, 0.25) is 0 Å². The maximum atomic E-state index is 12.4. The summed E-state index contributed by atoms with van der Waals surface area (Å²) < 4.78 is 0. The number of aromatic nitrogens is 2. The lowest BCUT2D eigenvalue weighted by Gasteiger charge is -2.25. The molecule has 0 saturated heterocycles. The number of aldehydes is 1. The third-order valence-electron chi connectivity index (χ3n) is 6.17. The molecular formula is C28H31N3OS. The fourth-order valence-corrected chi connectivity index (χ4v) is 5.37. The minimum Gasteiger partial charge on any atom is -0.333 e. The van der Waals surface area contributed by atoms with Crippen LogP contribution in [0.5, 0.6) is 0 Å². The number of rotatable bonds is 8. The van der Waals surface area contributed by atoms with Crippen LogP contribution in [0.15, 0.2) is 78.0 Å². The molecule has 0 spiro atoms. The predicted molar refractivity (Wildman–Crippen MR) is 139 cm³/mol. The van der Waals surface area contributed by atoms with Crippen molar-refractivity contribution >= 4 is 29.1 Å². The van der Waals surface area contributed by atoms with E-state index in [-0.39, 0.29) is 0 Å². The quantitative estimate of drug-likeness (QED) is 0.184. The summed E-state index contributed by atoms with van der Waals surface area (Å²) in [6.07, 6.45) is 5.14. The normalized spacial score (nSPS) is 13.2. The van der Waals surface area contributed by atoms with Crippen molar-refractivity contribution in [2.24, 2.45) is 5.73 Å². The first kappa shape index (κ1) is 23.3. The van der Waals surface area contributed by atoms with Gasteiger partial charge in [-0.1, -0.05) is 85.8 Å². The smallest absolute Gasteiger partial charge is 0.166 e. The molecule has 0 amide bonds. The van der Waals surface area contributed by atoms with Gasteiger partial charge in [-0.2, -0.15) is 0 Å². The van der Waals surface area contributed by atoms with Crippen LogP contribution in [0.3, 0.4) is 0 Å². The fourth-order valence-electron chi connectivity index (χ4n) is 4.49. The number of fused-ring (bicyclic) bond motifs is 4. The van der Waals surface area contributed by atoms with Crippen LogP contribution in [0.25, 0.3) is 22.2 Å². The Hall–Kier alpha value is -2.89. The molecule has 0 atom stereocenters. The van der Waals surface area contributed by atoms with Crippen molar-refractivity contribution in [3.8, 4) is 11.1 Å². The fraction of sp³-hybridized carbons (Fsp3) is 0.286. The van der Waals surface area contributed by atoms with Gasteiger partial charge < -0.3 is 15.5 Å². The van der Waals surface area contributed by atoms with Gasteiger partial charge in [-0.3, -0.25) is 0 Å². The minimum absolute atomic E-state index is 0.517. The van der Waals surface area contributed by atoms with Crippen LogP contribution < -0.4 is 5.73 Å². The van der Waals surface area contributed by atoms with Crippen LogP contribution in [-0.2, 0) is 10.2 Å². The highest BCUT2D eigenvalue weighted by atomic mass is 32.2. The van der Waals surface area contributed by atoms with E-state index in [9.17, 15) is 4.79 Å². The van der Waals surface area contributed by atoms with Gasteiger partial charge in [0.1, 0.15) is 6.29 Å². The van der Waals surface area contributed by atoms with Crippen molar-refractivity contribution in [1.29, 1.82) is 0 Å². The molecule has 0 radical (unpaired) electrons. The van der Waals surface area contributed by atoms with Crippen molar-refractivity contribution in [3.05, 3.63) is 83.9 Å². The molecule has 0 fully saturated rings. The number of carbonyl (C=O) groups is 1. The van der Waals surface area contributed by atoms with Gasteiger partial charge in [0.25, 0.3) is 0 Å². The van der Waals surface area contributed by atoms with Crippen LogP contribution in [0.1, 0.15) is 43.7 Å². The standard InChI is InChI=1S/C25H22N2OS.C3H9N/c28-17-25(20-11-3-1-9-18(20)19-10-2-4-12-21(19)25)15-7-8-16-29-24-26-22-13-5-6-14-23(22)27-24;1-2-3-4/h1-6,9-14,17H,7-8,15-16H2,(H,26,27);2-4H2,1H3. The largest absolute Gasteiger partial charge is 0.333 e. The average molecular weight is 458 g/mol. The highest BCUT2D eigenvalue weighted by Gasteiger charge is 2.42. The second-order valence-corrected chi connectivity index (χ2v) is 9.42. The third kappa shape index (κ3) is 4.75. The summed E-state index contributed by atoms with van der Waals surface area (Å²) in [6, 6.07) is 24.8. The number of unbranched alkanes of at least 4 members (excludes halogenated alkanes) is 1. The molecule has 1 heterocycles. The van der Waals surface area contributed by atoms with E-state index in [0.29, 0.717) is 0 Å². The third-order valence-corrected chi connectivity index (χ3v) is 7.13. The van der Waals surface area contributed by atoms with Crippen LogP contribution >= 0.6 is 11.8 Å². The molecule has 0 unspecified atom stereocenters. The maximum absolute atomic E-state index is 12.4. The van der Waals surface area contributed by atoms with E-state index >= 15 is 0 Å². The Labute approximate surface area is 200 Å². The van der Waals surface area contributed by atoms with E-state index in [1.807, 2.05) is 30.3 Å². The number of benzene rings is 3. The summed E-state index contributed by atoms with van der Waals surface area (Å²) in [4.78, 5) is 20.4. The highest BCUT2D eigenvalue weighted by Crippen LogP contribution is 2.50. The number of H-pyrrole nitrogens is 1. The molecule has 0 saturated carbocycles. The molecule has 1 aliphatic carbocycles. The van der Waals surface area contributed by atoms with Gasteiger partial charge in [-0.25, -0.2) is 4.98 Å². The molecule has 33 heavy (non-hydrogen) atoms. The van der Waals surface area contributed by atoms with E-state index < -0.39 is 5.41 Å². The van der Waals surface area contributed by atoms with E-state index in [0.717, 1.165) is 65.3 Å². The highest BCUT2D eigenvalue weighted by molar-refractivity contribution is 7.99. The Kier molecular flexibility index (Phi) is 7.63. The molecule has 5 rings (SSSR count). The summed E-state index contributed by atoms with van der Waals surface area (Å²) in [5, 5.41) is 0.966. The van der Waals surface area contributed by atoms with Crippen molar-refractivity contribution in [3.63, 3.8) is 0 Å². The summed E-state index contributed by atoms with van der Waals surface area (Å²) in [6.45, 7) is 2.88. The first-order valence-corrected chi connectivity index (χ1v) is 12.7. The van der Waals surface area contributed by atoms with Gasteiger partial charge in [-0.15, -0.1) is 0 Å². The second kappa shape index (κ2) is 10.8. The molecule has 3 aromatic carbocycles. The van der Waals surface area contributed by atoms with Gasteiger partial charge >= 0.3 is 0 Å². The predicted octanol–water partition coefficient (Wildman–Crippen LogP) is 6.35. The number of para-hydroxylation sites is 2. The summed E-state index contributed by atoms with van der Waals surface area (Å²) in [5.41, 5.74) is 11.3. The van der Waals surface area contributed by atoms with Crippen LogP contribution in [0, 0.1) is 0 Å². The Bertz CT molecular complexity index is 1140. The van der Waals surface area contributed by atoms with E-state index in [1.165, 1.54) is 17.4 Å². The van der Waals surface area contributed by atoms with E-state index in [4.69, 9.17) is 5.73 Å². The topological polar surface area (TPSA) is 71.8 Å². The zero-order valence-electron chi connectivity index (χ0n) is 19.1. The first-order valence-electron chi connectivity index (χ1n) is 11.7. The zero-order chi connectivity index (χ0) is 23.1. The molecule has 0 bridgehead atoms. The van der Waals surface area contributed by atoms with Crippen molar-refractivity contribution in [2.45, 2.75) is 43.2 Å². The molecule has 170 valence electrons. The van der Waals surface area contributed by atoms with E-state index in [1.54, 1.807) is 11.8 Å². The molecule has 3 N–H and O–H groups in total. The molecule has 5 heteroatoms. The Morgan fingerprint density at radius 3 is 2.15 bits per heavy atom. The number of hydrogen-bond acceptors (Lipinski definition) is 4. The molecule has 4 aromatic rings. The molecular weight excluding hydrogens is 426 g/mol. The SMILES string of the molecule is CCCN.O=CC1(CCCCSc2nc3ccccc3[nH]2)c2ccccc2-c2ccccc21. The maximum Gasteiger partial charge on any atom is 0.166 e. The summed E-state index contributed by atoms with van der Waals surface area (Å²) in [7, 11) is 0. The van der Waals surface area contributed by atoms with Crippen molar-refractivity contribution in [2.75, 3.05) is 12.3 Å². The van der Waals surface area contributed by atoms with Crippen LogP contribution in [0.4, 0.5) is 0 Å². The molecule has 1 aromatic heterocycles. The lowest BCUT2D eigenvalue weighted by atomic mass is 9.75. The second-order valence-electron chi connectivity index (χ2n) is 8.33. The number of imidazole rings is 1. The average Bonchev–Trinajstić information content (AvgIpc) is 3.41. The molecule has 4 nitrogen and oxygen atoms in total. The number of hydrogen-bond donors (Lipinski definition) is 2. The van der Waals surface area contributed by atoms with Crippen LogP contribution in [-0.4, -0.2) is 28.6 Å². The van der Waals surface area contributed by atoms with Gasteiger partial charge in [0.2, 0.25) is 0 Å².